The predicted molar refractivity (Wildman–Crippen MR) is 62.3 cm³/mol. The minimum Gasteiger partial charge on any atom is -0.327 e. The van der Waals surface area contributed by atoms with Crippen LogP contribution in [0.2, 0.25) is 10.0 Å². The number of carbonyl (C=O) groups is 1. The molecule has 5 heteroatoms. The van der Waals surface area contributed by atoms with Gasteiger partial charge in [-0.1, -0.05) is 29.1 Å². The second-order valence-electron chi connectivity index (χ2n) is 2.64. The Balaban J connectivity index is 2.62. The van der Waals surface area contributed by atoms with Gasteiger partial charge in [-0.2, -0.15) is 0 Å². The van der Waals surface area contributed by atoms with E-state index in [9.17, 15) is 4.79 Å². The van der Waals surface area contributed by atoms with E-state index in [4.69, 9.17) is 29.6 Å². The van der Waals surface area contributed by atoms with Gasteiger partial charge in [-0.3, -0.25) is 0 Å². The lowest BCUT2D eigenvalue weighted by Gasteiger charge is -2.06. The Bertz CT molecular complexity index is 412. The summed E-state index contributed by atoms with van der Waals surface area (Å²) >= 11 is 11.5. The fourth-order valence-corrected chi connectivity index (χ4v) is 1.18. The number of anilines is 1. The first-order valence-corrected chi connectivity index (χ1v) is 4.82. The van der Waals surface area contributed by atoms with Crippen molar-refractivity contribution in [2.45, 2.75) is 0 Å². The first-order valence-electron chi connectivity index (χ1n) is 4.07. The van der Waals surface area contributed by atoms with Crippen molar-refractivity contribution >= 4 is 34.9 Å². The molecule has 2 amide bonds. The van der Waals surface area contributed by atoms with E-state index in [1.54, 1.807) is 18.2 Å². The van der Waals surface area contributed by atoms with Crippen LogP contribution < -0.4 is 10.6 Å². The Hall–Kier alpha value is -1.37. The molecular weight excluding hydrogens is 235 g/mol. The van der Waals surface area contributed by atoms with Gasteiger partial charge in [0.25, 0.3) is 0 Å². The van der Waals surface area contributed by atoms with Crippen molar-refractivity contribution in [2.24, 2.45) is 0 Å². The molecule has 78 valence electrons. The molecule has 0 aliphatic carbocycles. The number of hydrogen-bond acceptors (Lipinski definition) is 1. The quantitative estimate of drug-likeness (QED) is 0.770. The highest BCUT2D eigenvalue weighted by Gasteiger charge is 2.02. The fourth-order valence-electron chi connectivity index (χ4n) is 0.880. The van der Waals surface area contributed by atoms with Crippen molar-refractivity contribution in [1.29, 1.82) is 0 Å². The van der Waals surface area contributed by atoms with Crippen LogP contribution in [0.4, 0.5) is 10.5 Å². The van der Waals surface area contributed by atoms with E-state index < -0.39 is 0 Å². The minimum absolute atomic E-state index is 0.174. The molecule has 3 nitrogen and oxygen atoms in total. The summed E-state index contributed by atoms with van der Waals surface area (Å²) in [6.07, 6.45) is 4.98. The molecule has 0 saturated heterocycles. The number of rotatable bonds is 2. The SMILES string of the molecule is C#CCNC(=O)Nc1ccc(Cl)c(Cl)c1. The van der Waals surface area contributed by atoms with Gasteiger partial charge < -0.3 is 10.6 Å². The van der Waals surface area contributed by atoms with Gasteiger partial charge in [0.2, 0.25) is 0 Å². The average Bonchev–Trinajstić information content (AvgIpc) is 2.20. The van der Waals surface area contributed by atoms with Crippen LogP contribution in [0.25, 0.3) is 0 Å². The maximum absolute atomic E-state index is 11.2. The molecule has 1 rings (SSSR count). The summed E-state index contributed by atoms with van der Waals surface area (Å²) in [5.74, 6) is 2.29. The van der Waals surface area contributed by atoms with Crippen LogP contribution >= 0.6 is 23.2 Å². The summed E-state index contributed by atoms with van der Waals surface area (Å²) in [7, 11) is 0. The lowest BCUT2D eigenvalue weighted by atomic mass is 10.3. The third-order valence-electron chi connectivity index (χ3n) is 1.53. The molecule has 0 saturated carbocycles. The molecule has 15 heavy (non-hydrogen) atoms. The highest BCUT2D eigenvalue weighted by atomic mass is 35.5. The van der Waals surface area contributed by atoms with Crippen LogP contribution in [0, 0.1) is 12.3 Å². The van der Waals surface area contributed by atoms with Crippen LogP contribution in [0.3, 0.4) is 0 Å². The van der Waals surface area contributed by atoms with Gasteiger partial charge in [0, 0.05) is 5.69 Å². The molecule has 0 fully saturated rings. The van der Waals surface area contributed by atoms with E-state index in [-0.39, 0.29) is 12.6 Å². The smallest absolute Gasteiger partial charge is 0.319 e. The number of benzene rings is 1. The zero-order valence-electron chi connectivity index (χ0n) is 7.68. The Kier molecular flexibility index (Phi) is 4.29. The number of urea groups is 1. The normalized spacial score (nSPS) is 9.13. The summed E-state index contributed by atoms with van der Waals surface area (Å²) in [6, 6.07) is 4.41. The lowest BCUT2D eigenvalue weighted by molar-refractivity contribution is 0.253. The van der Waals surface area contributed by atoms with E-state index in [1.165, 1.54) is 0 Å². The Morgan fingerprint density at radius 1 is 1.40 bits per heavy atom. The van der Waals surface area contributed by atoms with Crippen molar-refractivity contribution in [3.8, 4) is 12.3 Å². The molecule has 2 N–H and O–H groups in total. The molecule has 0 heterocycles. The molecule has 0 unspecified atom stereocenters. The van der Waals surface area contributed by atoms with E-state index in [1.807, 2.05) is 0 Å². The van der Waals surface area contributed by atoms with Crippen LogP contribution in [0.1, 0.15) is 0 Å². The first kappa shape index (κ1) is 11.7. The molecule has 0 aliphatic rings. The Morgan fingerprint density at radius 3 is 2.73 bits per heavy atom. The lowest BCUT2D eigenvalue weighted by Crippen LogP contribution is -2.28. The minimum atomic E-state index is -0.383. The number of terminal acetylenes is 1. The van der Waals surface area contributed by atoms with Gasteiger partial charge in [0.15, 0.2) is 0 Å². The van der Waals surface area contributed by atoms with Gasteiger partial charge >= 0.3 is 6.03 Å². The number of halogens is 2. The largest absolute Gasteiger partial charge is 0.327 e. The summed E-state index contributed by atoms with van der Waals surface area (Å²) in [6.45, 7) is 0.174. The highest BCUT2D eigenvalue weighted by molar-refractivity contribution is 6.42. The monoisotopic (exact) mass is 242 g/mol. The van der Waals surface area contributed by atoms with E-state index >= 15 is 0 Å². The molecule has 0 radical (unpaired) electrons. The molecule has 0 spiro atoms. The summed E-state index contributed by atoms with van der Waals surface area (Å²) < 4.78 is 0. The Morgan fingerprint density at radius 2 is 2.13 bits per heavy atom. The number of nitrogens with one attached hydrogen (secondary N) is 2. The van der Waals surface area contributed by atoms with Crippen molar-refractivity contribution < 1.29 is 4.79 Å². The molecule has 0 aromatic heterocycles. The fraction of sp³-hybridized carbons (Fsp3) is 0.100. The molecular formula is C10H8Cl2N2O. The van der Waals surface area contributed by atoms with Gasteiger partial charge in [-0.25, -0.2) is 4.79 Å². The Labute approximate surface area is 97.8 Å². The molecule has 0 aliphatic heterocycles. The first-order chi connectivity index (χ1) is 7.13. The van der Waals surface area contributed by atoms with Crippen molar-refractivity contribution in [2.75, 3.05) is 11.9 Å². The standard InChI is InChI=1S/C10H8Cl2N2O/c1-2-5-13-10(15)14-7-3-4-8(11)9(12)6-7/h1,3-4,6H,5H2,(H2,13,14,15). The van der Waals surface area contributed by atoms with Crippen molar-refractivity contribution in [3.05, 3.63) is 28.2 Å². The van der Waals surface area contributed by atoms with E-state index in [0.717, 1.165) is 0 Å². The third kappa shape index (κ3) is 3.70. The highest BCUT2D eigenvalue weighted by Crippen LogP contribution is 2.24. The van der Waals surface area contributed by atoms with Crippen LogP contribution in [-0.2, 0) is 0 Å². The van der Waals surface area contributed by atoms with Crippen LogP contribution in [0.5, 0.6) is 0 Å². The van der Waals surface area contributed by atoms with E-state index in [0.29, 0.717) is 15.7 Å². The summed E-state index contributed by atoms with van der Waals surface area (Å²) in [5, 5.41) is 5.83. The second-order valence-corrected chi connectivity index (χ2v) is 3.46. The van der Waals surface area contributed by atoms with Gasteiger partial charge in [-0.15, -0.1) is 6.42 Å². The number of carbonyl (C=O) groups excluding carboxylic acids is 1. The second kappa shape index (κ2) is 5.50. The number of hydrogen-bond donors (Lipinski definition) is 2. The summed E-state index contributed by atoms with van der Waals surface area (Å²) in [4.78, 5) is 11.2. The van der Waals surface area contributed by atoms with Gasteiger partial charge in [0.05, 0.1) is 16.6 Å². The van der Waals surface area contributed by atoms with Crippen molar-refractivity contribution in [1.82, 2.24) is 5.32 Å². The zero-order chi connectivity index (χ0) is 11.3. The van der Waals surface area contributed by atoms with Gasteiger partial charge in [-0.05, 0) is 18.2 Å². The summed E-state index contributed by atoms with van der Waals surface area (Å²) in [5.41, 5.74) is 0.555. The van der Waals surface area contributed by atoms with Crippen molar-refractivity contribution in [3.63, 3.8) is 0 Å². The van der Waals surface area contributed by atoms with Crippen LogP contribution in [0.15, 0.2) is 18.2 Å². The predicted octanol–water partition coefficient (Wildman–Crippen LogP) is 2.75. The van der Waals surface area contributed by atoms with E-state index in [2.05, 4.69) is 16.6 Å². The zero-order valence-corrected chi connectivity index (χ0v) is 9.19. The third-order valence-corrected chi connectivity index (χ3v) is 2.27. The topological polar surface area (TPSA) is 41.1 Å². The maximum atomic E-state index is 11.2. The maximum Gasteiger partial charge on any atom is 0.319 e. The number of amides is 2. The average molecular weight is 243 g/mol. The van der Waals surface area contributed by atoms with Crippen LogP contribution in [-0.4, -0.2) is 12.6 Å². The molecule has 1 aromatic carbocycles. The molecule has 1 aromatic rings. The molecule has 0 atom stereocenters. The molecule has 0 bridgehead atoms. The van der Waals surface area contributed by atoms with Gasteiger partial charge in [0.1, 0.15) is 0 Å².